The fraction of sp³-hybridized carbons (Fsp3) is 0.417. The van der Waals surface area contributed by atoms with Crippen LogP contribution in [0.1, 0.15) is 13.3 Å². The summed E-state index contributed by atoms with van der Waals surface area (Å²) in [6.07, 6.45) is 0.922. The molecule has 2 N–H and O–H groups in total. The number of nitrogens with one attached hydrogen (secondary N) is 1. The van der Waals surface area contributed by atoms with Crippen LogP contribution in [0.15, 0.2) is 29.2 Å². The van der Waals surface area contributed by atoms with Crippen molar-refractivity contribution in [1.29, 1.82) is 0 Å². The monoisotopic (exact) mass is 273 g/mol. The van der Waals surface area contributed by atoms with Gasteiger partial charge in [-0.15, -0.1) is 11.8 Å². The van der Waals surface area contributed by atoms with Gasteiger partial charge in [0.25, 0.3) is 0 Å². The Labute approximate surface area is 111 Å². The van der Waals surface area contributed by atoms with Gasteiger partial charge < -0.3 is 10.4 Å². The van der Waals surface area contributed by atoms with Crippen molar-refractivity contribution in [2.24, 2.45) is 0 Å². The summed E-state index contributed by atoms with van der Waals surface area (Å²) in [6, 6.07) is 6.91. The molecule has 0 saturated carbocycles. The standard InChI is InChI=1S/C12H16ClNO2S/c1-2-6-14-11(12(15)16)8-17-10-5-3-4-9(13)7-10/h3-5,7,11,14H,2,6,8H2,1H3,(H,15,16). The molecule has 5 heteroatoms. The number of thioether (sulfide) groups is 1. The molecule has 0 aliphatic carbocycles. The zero-order chi connectivity index (χ0) is 12.7. The molecule has 0 bridgehead atoms. The van der Waals surface area contributed by atoms with E-state index in [1.54, 1.807) is 6.07 Å². The van der Waals surface area contributed by atoms with E-state index in [-0.39, 0.29) is 0 Å². The highest BCUT2D eigenvalue weighted by Gasteiger charge is 2.16. The molecule has 3 nitrogen and oxygen atoms in total. The van der Waals surface area contributed by atoms with Crippen LogP contribution in [0, 0.1) is 0 Å². The Morgan fingerprint density at radius 2 is 2.35 bits per heavy atom. The number of carboxylic acid groups (broad SMARTS) is 1. The van der Waals surface area contributed by atoms with Crippen molar-refractivity contribution in [2.45, 2.75) is 24.3 Å². The lowest BCUT2D eigenvalue weighted by Crippen LogP contribution is -2.39. The molecule has 0 fully saturated rings. The van der Waals surface area contributed by atoms with Gasteiger partial charge in [-0.05, 0) is 31.2 Å². The number of aliphatic carboxylic acids is 1. The zero-order valence-electron chi connectivity index (χ0n) is 9.65. The molecule has 0 heterocycles. The van der Waals surface area contributed by atoms with Crippen molar-refractivity contribution in [3.05, 3.63) is 29.3 Å². The van der Waals surface area contributed by atoms with Crippen LogP contribution in [0.2, 0.25) is 5.02 Å². The predicted octanol–water partition coefficient (Wildman–Crippen LogP) is 2.88. The lowest BCUT2D eigenvalue weighted by molar-refractivity contribution is -0.138. The Kier molecular flexibility index (Phi) is 6.40. The van der Waals surface area contributed by atoms with Gasteiger partial charge >= 0.3 is 5.97 Å². The Bertz CT molecular complexity index is 373. The largest absolute Gasteiger partial charge is 0.480 e. The summed E-state index contributed by atoms with van der Waals surface area (Å²) in [7, 11) is 0. The summed E-state index contributed by atoms with van der Waals surface area (Å²) in [5, 5.41) is 12.7. The second-order valence-corrected chi connectivity index (χ2v) is 5.14. The van der Waals surface area contributed by atoms with Gasteiger partial charge in [-0.3, -0.25) is 4.79 Å². The maximum atomic E-state index is 11.0. The van der Waals surface area contributed by atoms with Crippen LogP contribution in [0.5, 0.6) is 0 Å². The fourth-order valence-corrected chi connectivity index (χ4v) is 2.53. The van der Waals surface area contributed by atoms with E-state index >= 15 is 0 Å². The molecule has 1 rings (SSSR count). The first-order chi connectivity index (χ1) is 8.13. The normalized spacial score (nSPS) is 12.4. The number of hydrogen-bond acceptors (Lipinski definition) is 3. The third kappa shape index (κ3) is 5.44. The highest BCUT2D eigenvalue weighted by molar-refractivity contribution is 7.99. The Morgan fingerprint density at radius 3 is 2.94 bits per heavy atom. The lowest BCUT2D eigenvalue weighted by atomic mass is 10.3. The van der Waals surface area contributed by atoms with Crippen LogP contribution in [-0.2, 0) is 4.79 Å². The number of carbonyl (C=O) groups is 1. The minimum absolute atomic E-state index is 0.496. The number of carboxylic acids is 1. The Morgan fingerprint density at radius 1 is 1.59 bits per heavy atom. The molecule has 0 radical (unpaired) electrons. The predicted molar refractivity (Wildman–Crippen MR) is 71.9 cm³/mol. The molecule has 0 aliphatic rings. The van der Waals surface area contributed by atoms with Gasteiger partial charge in [0.2, 0.25) is 0 Å². The maximum Gasteiger partial charge on any atom is 0.321 e. The first-order valence-corrected chi connectivity index (χ1v) is 6.84. The Hall–Kier alpha value is -0.710. The molecule has 1 aromatic rings. The minimum Gasteiger partial charge on any atom is -0.480 e. The van der Waals surface area contributed by atoms with Gasteiger partial charge in [-0.2, -0.15) is 0 Å². The number of benzene rings is 1. The van der Waals surface area contributed by atoms with Crippen molar-refractivity contribution in [3.8, 4) is 0 Å². The number of halogens is 1. The van der Waals surface area contributed by atoms with Crippen LogP contribution < -0.4 is 5.32 Å². The van der Waals surface area contributed by atoms with Crippen molar-refractivity contribution in [1.82, 2.24) is 5.32 Å². The van der Waals surface area contributed by atoms with Crippen LogP contribution in [0.3, 0.4) is 0 Å². The van der Waals surface area contributed by atoms with Crippen molar-refractivity contribution < 1.29 is 9.90 Å². The van der Waals surface area contributed by atoms with E-state index in [0.29, 0.717) is 17.3 Å². The van der Waals surface area contributed by atoms with E-state index in [1.807, 2.05) is 25.1 Å². The van der Waals surface area contributed by atoms with E-state index < -0.39 is 12.0 Å². The van der Waals surface area contributed by atoms with E-state index in [0.717, 1.165) is 11.3 Å². The molecule has 1 unspecified atom stereocenters. The third-order valence-electron chi connectivity index (χ3n) is 2.15. The van der Waals surface area contributed by atoms with Crippen molar-refractivity contribution in [2.75, 3.05) is 12.3 Å². The molecule has 94 valence electrons. The molecular formula is C12H16ClNO2S. The SMILES string of the molecule is CCCNC(CSc1cccc(Cl)c1)C(=O)O. The van der Waals surface area contributed by atoms with Crippen molar-refractivity contribution >= 4 is 29.3 Å². The van der Waals surface area contributed by atoms with Crippen molar-refractivity contribution in [3.63, 3.8) is 0 Å². The van der Waals surface area contributed by atoms with Gasteiger partial charge in [-0.25, -0.2) is 0 Å². The average molecular weight is 274 g/mol. The molecule has 0 aromatic heterocycles. The van der Waals surface area contributed by atoms with Gasteiger partial charge in [0.15, 0.2) is 0 Å². The van der Waals surface area contributed by atoms with Crippen LogP contribution in [0.25, 0.3) is 0 Å². The molecule has 1 atom stereocenters. The topological polar surface area (TPSA) is 49.3 Å². The Balaban J connectivity index is 2.48. The fourth-order valence-electron chi connectivity index (χ4n) is 1.27. The summed E-state index contributed by atoms with van der Waals surface area (Å²) in [4.78, 5) is 12.0. The van der Waals surface area contributed by atoms with E-state index in [1.165, 1.54) is 11.8 Å². The van der Waals surface area contributed by atoms with E-state index in [4.69, 9.17) is 16.7 Å². The minimum atomic E-state index is -0.812. The van der Waals surface area contributed by atoms with Crippen LogP contribution >= 0.6 is 23.4 Å². The molecule has 17 heavy (non-hydrogen) atoms. The lowest BCUT2D eigenvalue weighted by Gasteiger charge is -2.13. The number of rotatable bonds is 7. The molecule has 1 aromatic carbocycles. The smallest absolute Gasteiger partial charge is 0.321 e. The van der Waals surface area contributed by atoms with Gasteiger partial charge in [-0.1, -0.05) is 24.6 Å². The van der Waals surface area contributed by atoms with E-state index in [9.17, 15) is 4.79 Å². The molecule has 0 spiro atoms. The summed E-state index contributed by atoms with van der Waals surface area (Å²) in [5.41, 5.74) is 0. The summed E-state index contributed by atoms with van der Waals surface area (Å²) in [5.74, 6) is -0.316. The maximum absolute atomic E-state index is 11.0. The second-order valence-electron chi connectivity index (χ2n) is 3.61. The molecular weight excluding hydrogens is 258 g/mol. The zero-order valence-corrected chi connectivity index (χ0v) is 11.2. The van der Waals surface area contributed by atoms with Gasteiger partial charge in [0, 0.05) is 15.7 Å². The van der Waals surface area contributed by atoms with Gasteiger partial charge in [0.05, 0.1) is 0 Å². The van der Waals surface area contributed by atoms with Gasteiger partial charge in [0.1, 0.15) is 6.04 Å². The summed E-state index contributed by atoms with van der Waals surface area (Å²) in [6.45, 7) is 2.73. The first kappa shape index (κ1) is 14.4. The highest BCUT2D eigenvalue weighted by atomic mass is 35.5. The summed E-state index contributed by atoms with van der Waals surface area (Å²) < 4.78 is 0. The van der Waals surface area contributed by atoms with Crippen LogP contribution in [-0.4, -0.2) is 29.4 Å². The van der Waals surface area contributed by atoms with Crippen LogP contribution in [0.4, 0.5) is 0 Å². The molecule has 0 amide bonds. The summed E-state index contributed by atoms with van der Waals surface area (Å²) >= 11 is 7.35. The average Bonchev–Trinajstić information content (AvgIpc) is 2.28. The quantitative estimate of drug-likeness (QED) is 0.750. The number of hydrogen-bond donors (Lipinski definition) is 2. The highest BCUT2D eigenvalue weighted by Crippen LogP contribution is 2.22. The van der Waals surface area contributed by atoms with E-state index in [2.05, 4.69) is 5.32 Å². The molecule has 0 aliphatic heterocycles. The molecule has 0 saturated heterocycles. The third-order valence-corrected chi connectivity index (χ3v) is 3.47. The second kappa shape index (κ2) is 7.58. The first-order valence-electron chi connectivity index (χ1n) is 5.48.